The summed E-state index contributed by atoms with van der Waals surface area (Å²) in [6, 6.07) is 21.2. The topological polar surface area (TPSA) is 33.6 Å². The van der Waals surface area contributed by atoms with Gasteiger partial charge in [0.05, 0.1) is 7.11 Å². The Hall–Kier alpha value is -2.46. The quantitative estimate of drug-likeness (QED) is 0.657. The number of thioether (sulfide) groups is 1. The fraction of sp³-hybridized carbons (Fsp3) is 0.227. The van der Waals surface area contributed by atoms with Crippen LogP contribution in [0.5, 0.6) is 5.75 Å². The monoisotopic (exact) mass is 362 g/mol. The molecule has 0 fully saturated rings. The van der Waals surface area contributed by atoms with Crippen molar-refractivity contribution in [1.82, 2.24) is 5.32 Å². The van der Waals surface area contributed by atoms with Crippen molar-refractivity contribution < 1.29 is 4.74 Å². The van der Waals surface area contributed by atoms with Gasteiger partial charge >= 0.3 is 0 Å². The number of methoxy groups -OCH3 is 1. The number of ether oxygens (including phenoxy) is 1. The lowest BCUT2D eigenvalue weighted by atomic mass is 10.1. The first kappa shape index (κ1) is 17.0. The number of hydrogen-bond acceptors (Lipinski definition) is 4. The Labute approximate surface area is 158 Å². The van der Waals surface area contributed by atoms with Crippen molar-refractivity contribution in [2.24, 2.45) is 4.99 Å². The van der Waals surface area contributed by atoms with Crippen LogP contribution in [0.15, 0.2) is 70.6 Å². The Morgan fingerprint density at radius 3 is 2.73 bits per heavy atom. The number of hydrogen-bond donors (Lipinski definition) is 1. The van der Waals surface area contributed by atoms with Crippen molar-refractivity contribution in [3.63, 3.8) is 0 Å². The Morgan fingerprint density at radius 2 is 1.88 bits per heavy atom. The van der Waals surface area contributed by atoms with Crippen molar-refractivity contribution in [2.75, 3.05) is 20.2 Å². The molecule has 0 saturated carbocycles. The Balaban J connectivity index is 1.68. The van der Waals surface area contributed by atoms with Gasteiger partial charge < -0.3 is 10.1 Å². The average Bonchev–Trinajstić information content (AvgIpc) is 2.72. The minimum atomic E-state index is 0.841. The van der Waals surface area contributed by atoms with Gasteiger partial charge in [-0.15, -0.1) is 11.8 Å². The van der Waals surface area contributed by atoms with E-state index >= 15 is 0 Å². The van der Waals surface area contributed by atoms with Crippen LogP contribution in [0.3, 0.4) is 0 Å². The Morgan fingerprint density at radius 1 is 1.04 bits per heavy atom. The number of fused-ring (bicyclic) bond motifs is 1. The van der Waals surface area contributed by atoms with Gasteiger partial charge in [0, 0.05) is 34.9 Å². The van der Waals surface area contributed by atoms with E-state index in [1.54, 1.807) is 7.11 Å². The number of nitrogens with zero attached hydrogens (tertiary/aromatic N) is 1. The maximum absolute atomic E-state index is 5.66. The minimum absolute atomic E-state index is 0.841. The van der Waals surface area contributed by atoms with Gasteiger partial charge in [0.1, 0.15) is 11.6 Å². The van der Waals surface area contributed by atoms with Crippen LogP contribution in [0.4, 0.5) is 0 Å². The van der Waals surface area contributed by atoms with Crippen LogP contribution in [0.25, 0.3) is 10.8 Å². The second-order valence-corrected chi connectivity index (χ2v) is 7.28. The van der Waals surface area contributed by atoms with E-state index in [0.717, 1.165) is 42.4 Å². The molecule has 1 aliphatic rings. The second-order valence-electron chi connectivity index (χ2n) is 6.26. The van der Waals surface area contributed by atoms with Gasteiger partial charge in [0.25, 0.3) is 0 Å². The first-order chi connectivity index (χ1) is 12.9. The molecule has 0 atom stereocenters. The lowest BCUT2D eigenvalue weighted by Gasteiger charge is -2.19. The fourth-order valence-corrected chi connectivity index (χ4v) is 4.43. The smallest absolute Gasteiger partial charge is 0.128 e. The summed E-state index contributed by atoms with van der Waals surface area (Å²) in [6.45, 7) is 1.86. The van der Waals surface area contributed by atoms with E-state index in [1.165, 1.54) is 21.2 Å². The van der Waals surface area contributed by atoms with Crippen molar-refractivity contribution in [2.45, 2.75) is 17.1 Å². The van der Waals surface area contributed by atoms with Crippen LogP contribution in [-0.4, -0.2) is 26.0 Å². The minimum Gasteiger partial charge on any atom is -0.496 e. The van der Waals surface area contributed by atoms with Gasteiger partial charge in [-0.3, -0.25) is 4.99 Å². The second kappa shape index (κ2) is 7.83. The zero-order valence-corrected chi connectivity index (χ0v) is 15.7. The molecule has 3 aromatic rings. The summed E-state index contributed by atoms with van der Waals surface area (Å²) in [5, 5.41) is 6.01. The fourth-order valence-electron chi connectivity index (χ4n) is 3.31. The van der Waals surface area contributed by atoms with Gasteiger partial charge in [-0.1, -0.05) is 48.5 Å². The van der Waals surface area contributed by atoms with E-state index in [4.69, 9.17) is 4.74 Å². The third kappa shape index (κ3) is 3.42. The highest BCUT2D eigenvalue weighted by Crippen LogP contribution is 2.34. The molecule has 0 aromatic heterocycles. The molecule has 1 heterocycles. The molecule has 1 aliphatic heterocycles. The largest absolute Gasteiger partial charge is 0.496 e. The Bertz CT molecular complexity index is 947. The Kier molecular flexibility index (Phi) is 5.12. The van der Waals surface area contributed by atoms with Gasteiger partial charge in [-0.25, -0.2) is 0 Å². The summed E-state index contributed by atoms with van der Waals surface area (Å²) in [5.74, 6) is 2.75. The SMILES string of the molecule is COc1cccc(C2=NCCCN2)c1CSc1cccc2ccccc12. The maximum atomic E-state index is 5.66. The van der Waals surface area contributed by atoms with Crippen LogP contribution in [-0.2, 0) is 5.75 Å². The number of rotatable bonds is 5. The molecule has 0 radical (unpaired) electrons. The predicted molar refractivity (Wildman–Crippen MR) is 111 cm³/mol. The van der Waals surface area contributed by atoms with E-state index in [0.29, 0.717) is 0 Å². The molecule has 4 heteroatoms. The zero-order valence-electron chi connectivity index (χ0n) is 14.9. The molecule has 0 spiro atoms. The van der Waals surface area contributed by atoms with E-state index in [9.17, 15) is 0 Å². The molecule has 3 nitrogen and oxygen atoms in total. The molecule has 1 N–H and O–H groups in total. The maximum Gasteiger partial charge on any atom is 0.128 e. The summed E-state index contributed by atoms with van der Waals surface area (Å²) < 4.78 is 5.66. The van der Waals surface area contributed by atoms with Crippen molar-refractivity contribution in [3.8, 4) is 5.75 Å². The van der Waals surface area contributed by atoms with Gasteiger partial charge in [0.15, 0.2) is 0 Å². The number of aliphatic imine (C=N–C) groups is 1. The molecule has 3 aromatic carbocycles. The number of amidine groups is 1. The summed E-state index contributed by atoms with van der Waals surface area (Å²) in [7, 11) is 1.74. The molecule has 0 amide bonds. The third-order valence-corrected chi connectivity index (χ3v) is 5.73. The number of nitrogens with one attached hydrogen (secondary N) is 1. The molecular formula is C22H22N2OS. The van der Waals surface area contributed by atoms with Crippen molar-refractivity contribution >= 4 is 28.4 Å². The summed E-state index contributed by atoms with van der Waals surface area (Å²) in [6.07, 6.45) is 1.09. The van der Waals surface area contributed by atoms with Crippen LogP contribution in [0.1, 0.15) is 17.5 Å². The van der Waals surface area contributed by atoms with Crippen LogP contribution >= 0.6 is 11.8 Å². The van der Waals surface area contributed by atoms with Crippen LogP contribution < -0.4 is 10.1 Å². The van der Waals surface area contributed by atoms with Crippen LogP contribution in [0, 0.1) is 0 Å². The van der Waals surface area contributed by atoms with Crippen molar-refractivity contribution in [1.29, 1.82) is 0 Å². The first-order valence-electron chi connectivity index (χ1n) is 8.92. The number of benzene rings is 3. The predicted octanol–water partition coefficient (Wildman–Crippen LogP) is 4.88. The highest BCUT2D eigenvalue weighted by Gasteiger charge is 2.16. The third-order valence-electron chi connectivity index (χ3n) is 4.63. The van der Waals surface area contributed by atoms with E-state index in [1.807, 2.05) is 23.9 Å². The highest BCUT2D eigenvalue weighted by atomic mass is 32.2. The summed E-state index contributed by atoms with van der Waals surface area (Å²) >= 11 is 1.85. The molecule has 0 saturated heterocycles. The lowest BCUT2D eigenvalue weighted by Crippen LogP contribution is -2.31. The molecule has 132 valence electrons. The van der Waals surface area contributed by atoms with E-state index in [-0.39, 0.29) is 0 Å². The molecule has 0 unspecified atom stereocenters. The van der Waals surface area contributed by atoms with Crippen molar-refractivity contribution in [3.05, 3.63) is 71.8 Å². The molecule has 26 heavy (non-hydrogen) atoms. The lowest BCUT2D eigenvalue weighted by molar-refractivity contribution is 0.411. The standard InChI is InChI=1S/C22H22N2OS/c1-25-20-11-5-10-18(22-23-13-6-14-24-22)19(20)15-26-21-12-4-8-16-7-2-3-9-17(16)21/h2-5,7-12H,6,13-15H2,1H3,(H,23,24). The highest BCUT2D eigenvalue weighted by molar-refractivity contribution is 7.98. The van der Waals surface area contributed by atoms with Gasteiger partial charge in [0.2, 0.25) is 0 Å². The van der Waals surface area contributed by atoms with Gasteiger partial charge in [-0.05, 0) is 29.3 Å². The molecule has 4 rings (SSSR count). The van der Waals surface area contributed by atoms with Gasteiger partial charge in [-0.2, -0.15) is 0 Å². The molecular weight excluding hydrogens is 340 g/mol. The molecule has 0 bridgehead atoms. The average molecular weight is 362 g/mol. The van der Waals surface area contributed by atoms with Crippen LogP contribution in [0.2, 0.25) is 0 Å². The van der Waals surface area contributed by atoms with E-state index < -0.39 is 0 Å². The first-order valence-corrected chi connectivity index (χ1v) is 9.90. The summed E-state index contributed by atoms with van der Waals surface area (Å²) in [5.41, 5.74) is 2.35. The normalized spacial score (nSPS) is 14.0. The zero-order chi connectivity index (χ0) is 17.8. The molecule has 0 aliphatic carbocycles. The summed E-state index contributed by atoms with van der Waals surface area (Å²) in [4.78, 5) is 5.97. The van der Waals surface area contributed by atoms with E-state index in [2.05, 4.69) is 58.8 Å².